The van der Waals surface area contributed by atoms with Crippen LogP contribution in [0.3, 0.4) is 0 Å². The van der Waals surface area contributed by atoms with Crippen molar-refractivity contribution in [1.82, 2.24) is 10.1 Å². The molecule has 12 heavy (non-hydrogen) atoms. The van der Waals surface area contributed by atoms with Crippen LogP contribution in [0.4, 0.5) is 0 Å². The Kier molecular flexibility index (Phi) is 2.78. The van der Waals surface area contributed by atoms with Gasteiger partial charge in [-0.1, -0.05) is 12.1 Å². The summed E-state index contributed by atoms with van der Waals surface area (Å²) in [5.41, 5.74) is 5.56. The van der Waals surface area contributed by atoms with Crippen molar-refractivity contribution in [2.45, 2.75) is 32.4 Å². The van der Waals surface area contributed by atoms with Crippen molar-refractivity contribution in [2.75, 3.05) is 0 Å². The molecule has 5 nitrogen and oxygen atoms in total. The summed E-state index contributed by atoms with van der Waals surface area (Å²) in [6, 6.07) is -0.585. The predicted molar refractivity (Wildman–Crippen MR) is 42.3 cm³/mol. The summed E-state index contributed by atoms with van der Waals surface area (Å²) in [6.07, 6.45) is 0.0332. The Balaban J connectivity index is 2.74. The van der Waals surface area contributed by atoms with Crippen LogP contribution in [0.5, 0.6) is 0 Å². The Morgan fingerprint density at radius 3 is 2.75 bits per heavy atom. The summed E-state index contributed by atoms with van der Waals surface area (Å²) in [7, 11) is 0. The SMILES string of the molecule is CCc1noc(C(N)C(C)O)n1. The summed E-state index contributed by atoms with van der Waals surface area (Å²) in [5.74, 6) is 0.906. The lowest BCUT2D eigenvalue weighted by atomic mass is 10.2. The van der Waals surface area contributed by atoms with Gasteiger partial charge >= 0.3 is 0 Å². The first-order valence-electron chi connectivity index (χ1n) is 3.91. The van der Waals surface area contributed by atoms with Crippen molar-refractivity contribution in [1.29, 1.82) is 0 Å². The molecule has 0 aliphatic rings. The van der Waals surface area contributed by atoms with Crippen LogP contribution >= 0.6 is 0 Å². The molecule has 0 spiro atoms. The lowest BCUT2D eigenvalue weighted by Gasteiger charge is -2.08. The van der Waals surface area contributed by atoms with Gasteiger partial charge in [0, 0.05) is 6.42 Å². The first-order valence-corrected chi connectivity index (χ1v) is 3.91. The van der Waals surface area contributed by atoms with Crippen molar-refractivity contribution >= 4 is 0 Å². The van der Waals surface area contributed by atoms with E-state index in [-0.39, 0.29) is 0 Å². The van der Waals surface area contributed by atoms with E-state index in [4.69, 9.17) is 15.4 Å². The zero-order valence-electron chi connectivity index (χ0n) is 7.19. The van der Waals surface area contributed by atoms with Gasteiger partial charge in [0.05, 0.1) is 6.10 Å². The maximum Gasteiger partial charge on any atom is 0.246 e. The van der Waals surface area contributed by atoms with E-state index in [0.29, 0.717) is 18.1 Å². The van der Waals surface area contributed by atoms with E-state index < -0.39 is 12.1 Å². The molecule has 0 aliphatic heterocycles. The number of rotatable bonds is 3. The van der Waals surface area contributed by atoms with E-state index in [2.05, 4.69) is 10.1 Å². The number of nitrogens with zero attached hydrogens (tertiary/aromatic N) is 2. The summed E-state index contributed by atoms with van der Waals surface area (Å²) >= 11 is 0. The van der Waals surface area contributed by atoms with Crippen LogP contribution in [0, 0.1) is 0 Å². The highest BCUT2D eigenvalue weighted by Gasteiger charge is 2.18. The number of nitrogens with two attached hydrogens (primary N) is 1. The van der Waals surface area contributed by atoms with Crippen LogP contribution in [0.2, 0.25) is 0 Å². The molecule has 1 rings (SSSR count). The summed E-state index contributed by atoms with van der Waals surface area (Å²) in [6.45, 7) is 3.50. The van der Waals surface area contributed by atoms with Gasteiger partial charge in [0.1, 0.15) is 6.04 Å². The van der Waals surface area contributed by atoms with E-state index in [1.54, 1.807) is 6.92 Å². The molecule has 3 N–H and O–H groups in total. The van der Waals surface area contributed by atoms with Gasteiger partial charge in [0.2, 0.25) is 5.89 Å². The van der Waals surface area contributed by atoms with Crippen molar-refractivity contribution in [2.24, 2.45) is 5.73 Å². The minimum absolute atomic E-state index is 0.293. The number of aliphatic hydroxyl groups is 1. The predicted octanol–water partition coefficient (Wildman–Crippen LogP) is 0.0126. The smallest absolute Gasteiger partial charge is 0.246 e. The number of aryl methyl sites for hydroxylation is 1. The third-order valence-electron chi connectivity index (χ3n) is 1.60. The average molecular weight is 171 g/mol. The Labute approximate surface area is 70.6 Å². The van der Waals surface area contributed by atoms with Crippen LogP contribution in [0.25, 0.3) is 0 Å². The topological polar surface area (TPSA) is 85.2 Å². The zero-order valence-corrected chi connectivity index (χ0v) is 7.19. The van der Waals surface area contributed by atoms with Gasteiger partial charge in [-0.2, -0.15) is 4.98 Å². The lowest BCUT2D eigenvalue weighted by Crippen LogP contribution is -2.23. The van der Waals surface area contributed by atoms with Crippen molar-refractivity contribution in [3.05, 3.63) is 11.7 Å². The standard InChI is InChI=1S/C7H13N3O2/c1-3-5-9-7(12-10-5)6(8)4(2)11/h4,6,11H,3,8H2,1-2H3. The minimum Gasteiger partial charge on any atom is -0.391 e. The molecule has 2 unspecified atom stereocenters. The quantitative estimate of drug-likeness (QED) is 0.669. The van der Waals surface area contributed by atoms with Crippen LogP contribution in [-0.2, 0) is 6.42 Å². The first-order chi connectivity index (χ1) is 5.65. The molecule has 0 amide bonds. The first kappa shape index (κ1) is 9.15. The van der Waals surface area contributed by atoms with Crippen LogP contribution in [0.1, 0.15) is 31.6 Å². The summed E-state index contributed by atoms with van der Waals surface area (Å²) in [4.78, 5) is 3.99. The van der Waals surface area contributed by atoms with Crippen molar-refractivity contribution < 1.29 is 9.63 Å². The normalized spacial score (nSPS) is 16.0. The zero-order chi connectivity index (χ0) is 9.14. The number of hydrogen-bond acceptors (Lipinski definition) is 5. The molecule has 1 aromatic heterocycles. The second-order valence-corrected chi connectivity index (χ2v) is 2.67. The largest absolute Gasteiger partial charge is 0.391 e. The lowest BCUT2D eigenvalue weighted by molar-refractivity contribution is 0.146. The van der Waals surface area contributed by atoms with Gasteiger partial charge in [-0.25, -0.2) is 0 Å². The highest BCUT2D eigenvalue weighted by atomic mass is 16.5. The molecular weight excluding hydrogens is 158 g/mol. The summed E-state index contributed by atoms with van der Waals surface area (Å²) < 4.78 is 4.83. The van der Waals surface area contributed by atoms with E-state index in [0.717, 1.165) is 0 Å². The monoisotopic (exact) mass is 171 g/mol. The second kappa shape index (κ2) is 3.64. The van der Waals surface area contributed by atoms with Gasteiger partial charge in [0.15, 0.2) is 5.82 Å². The molecule has 1 aromatic rings. The van der Waals surface area contributed by atoms with Crippen LogP contribution < -0.4 is 5.73 Å². The van der Waals surface area contributed by atoms with Gasteiger partial charge in [-0.3, -0.25) is 0 Å². The van der Waals surface area contributed by atoms with E-state index in [9.17, 15) is 0 Å². The Morgan fingerprint density at radius 2 is 2.33 bits per heavy atom. The molecule has 2 atom stereocenters. The molecular formula is C7H13N3O2. The highest BCUT2D eigenvalue weighted by molar-refractivity contribution is 4.93. The fraction of sp³-hybridized carbons (Fsp3) is 0.714. The third-order valence-corrected chi connectivity index (χ3v) is 1.60. The van der Waals surface area contributed by atoms with E-state index in [1.165, 1.54) is 0 Å². The van der Waals surface area contributed by atoms with Crippen molar-refractivity contribution in [3.63, 3.8) is 0 Å². The Hall–Kier alpha value is -0.940. The molecule has 0 fully saturated rings. The number of aromatic nitrogens is 2. The van der Waals surface area contributed by atoms with Gasteiger partial charge in [0.25, 0.3) is 0 Å². The molecule has 5 heteroatoms. The fourth-order valence-electron chi connectivity index (χ4n) is 0.753. The van der Waals surface area contributed by atoms with E-state index in [1.807, 2.05) is 6.92 Å². The van der Waals surface area contributed by atoms with Crippen LogP contribution in [0.15, 0.2) is 4.52 Å². The van der Waals surface area contributed by atoms with Crippen molar-refractivity contribution in [3.8, 4) is 0 Å². The highest BCUT2D eigenvalue weighted by Crippen LogP contribution is 2.11. The molecule has 0 saturated carbocycles. The molecule has 0 bridgehead atoms. The molecule has 0 saturated heterocycles. The van der Waals surface area contributed by atoms with E-state index >= 15 is 0 Å². The van der Waals surface area contributed by atoms with Crippen LogP contribution in [-0.4, -0.2) is 21.4 Å². The fourth-order valence-corrected chi connectivity index (χ4v) is 0.753. The summed E-state index contributed by atoms with van der Waals surface area (Å²) in [5, 5.41) is 12.8. The Morgan fingerprint density at radius 1 is 1.67 bits per heavy atom. The molecule has 1 heterocycles. The molecule has 0 radical (unpaired) electrons. The van der Waals surface area contributed by atoms with Gasteiger partial charge in [-0.05, 0) is 6.92 Å². The van der Waals surface area contributed by atoms with Gasteiger partial charge in [-0.15, -0.1) is 0 Å². The molecule has 0 aliphatic carbocycles. The van der Waals surface area contributed by atoms with Gasteiger partial charge < -0.3 is 15.4 Å². The maximum atomic E-state index is 9.10. The number of aliphatic hydroxyl groups excluding tert-OH is 1. The Bertz CT molecular complexity index is 247. The minimum atomic E-state index is -0.671. The number of hydrogen-bond donors (Lipinski definition) is 2. The second-order valence-electron chi connectivity index (χ2n) is 2.67. The maximum absolute atomic E-state index is 9.10. The molecule has 0 aromatic carbocycles. The average Bonchev–Trinajstić information content (AvgIpc) is 2.50. The third kappa shape index (κ3) is 1.80. The molecule has 68 valence electrons.